The summed E-state index contributed by atoms with van der Waals surface area (Å²) in [4.78, 5) is 28.8. The molecule has 7 nitrogen and oxygen atoms in total. The lowest BCUT2D eigenvalue weighted by atomic mass is 10.0. The van der Waals surface area contributed by atoms with Crippen LogP contribution in [0.15, 0.2) is 60.8 Å². The van der Waals surface area contributed by atoms with Crippen LogP contribution in [-0.2, 0) is 4.74 Å². The quantitative estimate of drug-likeness (QED) is 0.675. The molecule has 2 saturated heterocycles. The van der Waals surface area contributed by atoms with E-state index >= 15 is 0 Å². The smallest absolute Gasteiger partial charge is 0.410 e. The standard InChI is InChI=1S/C23H22N4O3/c1-16-7-9-17(10-8-16)21-20(14-27(24-21)18-5-3-2-4-6-18)22(28)25-11-12-26-19(13-25)15-30-23(26)29/h2-10,14,19H,11-13,15H2,1H3/t19-/m1/s1. The van der Waals surface area contributed by atoms with Crippen molar-refractivity contribution in [2.75, 3.05) is 26.2 Å². The summed E-state index contributed by atoms with van der Waals surface area (Å²) < 4.78 is 6.88. The fourth-order valence-electron chi connectivity index (χ4n) is 4.01. The predicted octanol–water partition coefficient (Wildman–Crippen LogP) is 3.12. The number of carbonyl (C=O) groups is 2. The van der Waals surface area contributed by atoms with Crippen molar-refractivity contribution in [3.05, 3.63) is 71.9 Å². The first-order valence-electron chi connectivity index (χ1n) is 10.0. The fourth-order valence-corrected chi connectivity index (χ4v) is 4.01. The van der Waals surface area contributed by atoms with E-state index in [0.717, 1.165) is 16.8 Å². The van der Waals surface area contributed by atoms with Gasteiger partial charge in [0.2, 0.25) is 0 Å². The second-order valence-electron chi connectivity index (χ2n) is 7.71. The van der Waals surface area contributed by atoms with E-state index in [9.17, 15) is 9.59 Å². The third-order valence-corrected chi connectivity index (χ3v) is 5.69. The highest BCUT2D eigenvalue weighted by Crippen LogP contribution is 2.27. The average Bonchev–Trinajstić information content (AvgIpc) is 3.38. The van der Waals surface area contributed by atoms with Crippen molar-refractivity contribution in [3.8, 4) is 16.9 Å². The molecule has 0 radical (unpaired) electrons. The van der Waals surface area contributed by atoms with E-state index in [1.165, 1.54) is 0 Å². The summed E-state index contributed by atoms with van der Waals surface area (Å²) in [5, 5.41) is 4.75. The first kappa shape index (κ1) is 18.4. The predicted molar refractivity (Wildman–Crippen MR) is 111 cm³/mol. The monoisotopic (exact) mass is 402 g/mol. The van der Waals surface area contributed by atoms with Crippen molar-refractivity contribution >= 4 is 12.0 Å². The van der Waals surface area contributed by atoms with Gasteiger partial charge in [0, 0.05) is 31.4 Å². The van der Waals surface area contributed by atoms with Crippen molar-refractivity contribution < 1.29 is 14.3 Å². The Balaban J connectivity index is 1.51. The zero-order valence-electron chi connectivity index (χ0n) is 16.7. The highest BCUT2D eigenvalue weighted by Gasteiger charge is 2.39. The SMILES string of the molecule is Cc1ccc(-c2nn(-c3ccccc3)cc2C(=O)N2CCN3C(=O)OC[C@H]3C2)cc1. The molecule has 5 rings (SSSR count). The largest absolute Gasteiger partial charge is 0.447 e. The van der Waals surface area contributed by atoms with E-state index in [4.69, 9.17) is 9.84 Å². The number of amides is 2. The van der Waals surface area contributed by atoms with Gasteiger partial charge in [0.25, 0.3) is 5.91 Å². The number of rotatable bonds is 3. The van der Waals surface area contributed by atoms with E-state index in [2.05, 4.69) is 0 Å². The third-order valence-electron chi connectivity index (χ3n) is 5.69. The molecule has 0 saturated carbocycles. The van der Waals surface area contributed by atoms with Gasteiger partial charge in [-0.05, 0) is 19.1 Å². The molecule has 2 amide bonds. The van der Waals surface area contributed by atoms with Crippen molar-refractivity contribution in [1.82, 2.24) is 19.6 Å². The molecule has 0 N–H and O–H groups in total. The lowest BCUT2D eigenvalue weighted by molar-refractivity contribution is 0.0617. The van der Waals surface area contributed by atoms with Gasteiger partial charge in [0.1, 0.15) is 12.3 Å². The highest BCUT2D eigenvalue weighted by atomic mass is 16.6. The number of aromatic nitrogens is 2. The van der Waals surface area contributed by atoms with Crippen LogP contribution in [-0.4, -0.2) is 63.9 Å². The number of ether oxygens (including phenoxy) is 1. The zero-order chi connectivity index (χ0) is 20.7. The number of piperazine rings is 1. The lowest BCUT2D eigenvalue weighted by Gasteiger charge is -2.35. The Morgan fingerprint density at radius 3 is 2.60 bits per heavy atom. The number of hydrogen-bond acceptors (Lipinski definition) is 4. The number of para-hydroxylation sites is 1. The Bertz CT molecular complexity index is 1090. The van der Waals surface area contributed by atoms with Gasteiger partial charge < -0.3 is 9.64 Å². The molecule has 7 heteroatoms. The lowest BCUT2D eigenvalue weighted by Crippen LogP contribution is -2.53. The number of nitrogens with zero attached hydrogens (tertiary/aromatic N) is 4. The number of cyclic esters (lactones) is 1. The highest BCUT2D eigenvalue weighted by molar-refractivity contribution is 6.00. The second-order valence-corrected chi connectivity index (χ2v) is 7.71. The van der Waals surface area contributed by atoms with Gasteiger partial charge in [-0.25, -0.2) is 9.48 Å². The van der Waals surface area contributed by atoms with Gasteiger partial charge in [0.05, 0.1) is 17.3 Å². The second kappa shape index (κ2) is 7.33. The Hall–Kier alpha value is -3.61. The molecule has 2 aliphatic heterocycles. The van der Waals surface area contributed by atoms with E-state index in [0.29, 0.717) is 37.5 Å². The molecule has 3 aromatic rings. The Morgan fingerprint density at radius 2 is 1.83 bits per heavy atom. The maximum absolute atomic E-state index is 13.5. The van der Waals surface area contributed by atoms with E-state index < -0.39 is 0 Å². The maximum Gasteiger partial charge on any atom is 0.410 e. The molecule has 2 aliphatic rings. The topological polar surface area (TPSA) is 67.7 Å². The normalized spacial score (nSPS) is 18.3. The summed E-state index contributed by atoms with van der Waals surface area (Å²) in [5.41, 5.74) is 4.16. The molecular formula is C23H22N4O3. The maximum atomic E-state index is 13.5. The third kappa shape index (κ3) is 3.22. The van der Waals surface area contributed by atoms with Crippen molar-refractivity contribution in [3.63, 3.8) is 0 Å². The van der Waals surface area contributed by atoms with Crippen LogP contribution in [0.2, 0.25) is 0 Å². The number of hydrogen-bond donors (Lipinski definition) is 0. The molecule has 1 atom stereocenters. The molecule has 30 heavy (non-hydrogen) atoms. The molecule has 0 spiro atoms. The van der Waals surface area contributed by atoms with Crippen LogP contribution in [0.1, 0.15) is 15.9 Å². The van der Waals surface area contributed by atoms with Gasteiger partial charge in [-0.15, -0.1) is 0 Å². The Kier molecular flexibility index (Phi) is 4.50. The minimum atomic E-state index is -0.288. The summed E-state index contributed by atoms with van der Waals surface area (Å²) in [7, 11) is 0. The van der Waals surface area contributed by atoms with Crippen molar-refractivity contribution in [2.24, 2.45) is 0 Å². The molecule has 3 heterocycles. The minimum Gasteiger partial charge on any atom is -0.447 e. The van der Waals surface area contributed by atoms with Gasteiger partial charge in [-0.2, -0.15) is 5.10 Å². The molecule has 2 aromatic carbocycles. The molecule has 0 aliphatic carbocycles. The van der Waals surface area contributed by atoms with Crippen molar-refractivity contribution in [1.29, 1.82) is 0 Å². The van der Waals surface area contributed by atoms with Crippen molar-refractivity contribution in [2.45, 2.75) is 13.0 Å². The molecule has 1 aromatic heterocycles. The molecule has 0 bridgehead atoms. The molecular weight excluding hydrogens is 380 g/mol. The van der Waals surface area contributed by atoms with Crippen LogP contribution >= 0.6 is 0 Å². The number of carbonyl (C=O) groups excluding carboxylic acids is 2. The number of aryl methyl sites for hydroxylation is 1. The van der Waals surface area contributed by atoms with Crippen LogP contribution in [0.4, 0.5) is 4.79 Å². The number of benzene rings is 2. The van der Waals surface area contributed by atoms with Crippen LogP contribution in [0.5, 0.6) is 0 Å². The first-order chi connectivity index (χ1) is 14.6. The van der Waals surface area contributed by atoms with E-state index in [1.54, 1.807) is 20.7 Å². The summed E-state index contributed by atoms with van der Waals surface area (Å²) in [6, 6.07) is 17.7. The van der Waals surface area contributed by atoms with Gasteiger partial charge >= 0.3 is 6.09 Å². The minimum absolute atomic E-state index is 0.0771. The van der Waals surface area contributed by atoms with Crippen LogP contribution in [0.25, 0.3) is 16.9 Å². The van der Waals surface area contributed by atoms with Crippen LogP contribution in [0.3, 0.4) is 0 Å². The first-order valence-corrected chi connectivity index (χ1v) is 10.0. The Labute approximate surface area is 174 Å². The van der Waals surface area contributed by atoms with E-state index in [-0.39, 0.29) is 18.0 Å². The van der Waals surface area contributed by atoms with Gasteiger partial charge in [-0.3, -0.25) is 9.69 Å². The van der Waals surface area contributed by atoms with E-state index in [1.807, 2.05) is 61.5 Å². The summed E-state index contributed by atoms with van der Waals surface area (Å²) in [6.45, 7) is 3.80. The van der Waals surface area contributed by atoms with Crippen LogP contribution in [0, 0.1) is 6.92 Å². The molecule has 152 valence electrons. The average molecular weight is 402 g/mol. The molecule has 0 unspecified atom stereocenters. The fraction of sp³-hybridized carbons (Fsp3) is 0.261. The number of fused-ring (bicyclic) bond motifs is 1. The summed E-state index contributed by atoms with van der Waals surface area (Å²) >= 11 is 0. The summed E-state index contributed by atoms with van der Waals surface area (Å²) in [6.07, 6.45) is 1.51. The van der Waals surface area contributed by atoms with Gasteiger partial charge in [0.15, 0.2) is 0 Å². The zero-order valence-corrected chi connectivity index (χ0v) is 16.7. The Morgan fingerprint density at radius 1 is 1.07 bits per heavy atom. The van der Waals surface area contributed by atoms with Gasteiger partial charge in [-0.1, -0.05) is 48.0 Å². The summed E-state index contributed by atoms with van der Waals surface area (Å²) in [5.74, 6) is -0.0771. The molecule has 2 fully saturated rings. The van der Waals surface area contributed by atoms with Crippen LogP contribution < -0.4 is 0 Å².